The van der Waals surface area contributed by atoms with E-state index in [4.69, 9.17) is 32.4 Å². The molecule has 2 N–H and O–H groups in total. The number of carbonyl (C=O) groups is 2. The van der Waals surface area contributed by atoms with E-state index in [0.29, 0.717) is 28.1 Å². The number of ether oxygens (including phenoxy) is 1. The van der Waals surface area contributed by atoms with Crippen LogP contribution in [0.2, 0.25) is 10.0 Å². The molecule has 0 saturated carbocycles. The van der Waals surface area contributed by atoms with E-state index in [-0.39, 0.29) is 11.3 Å². The lowest BCUT2D eigenvalue weighted by Gasteiger charge is -2.09. The van der Waals surface area contributed by atoms with Crippen molar-refractivity contribution in [3.8, 4) is 5.75 Å². The van der Waals surface area contributed by atoms with Gasteiger partial charge in [-0.05, 0) is 66.2 Å². The first-order valence-corrected chi connectivity index (χ1v) is 11.2. The van der Waals surface area contributed by atoms with Crippen molar-refractivity contribution in [2.75, 3.05) is 5.32 Å². The van der Waals surface area contributed by atoms with Gasteiger partial charge in [-0.15, -0.1) is 0 Å². The maximum Gasteiger partial charge on any atom is 0.291 e. The third-order valence-corrected chi connectivity index (χ3v) is 5.42. The summed E-state index contributed by atoms with van der Waals surface area (Å²) in [6.07, 6.45) is 2.90. The van der Waals surface area contributed by atoms with Crippen molar-refractivity contribution in [2.24, 2.45) is 5.10 Å². The third-order valence-electron chi connectivity index (χ3n) is 4.83. The van der Waals surface area contributed by atoms with Gasteiger partial charge in [0.05, 0.1) is 23.7 Å². The van der Waals surface area contributed by atoms with Crippen LogP contribution in [-0.4, -0.2) is 18.0 Å². The van der Waals surface area contributed by atoms with Crippen LogP contribution in [0.15, 0.2) is 94.6 Å². The summed E-state index contributed by atoms with van der Waals surface area (Å²) in [7, 11) is 0. The number of nitrogens with zero attached hydrogens (tertiary/aromatic N) is 1. The van der Waals surface area contributed by atoms with Crippen molar-refractivity contribution in [2.45, 2.75) is 6.61 Å². The second-order valence-electron chi connectivity index (χ2n) is 7.27. The second kappa shape index (κ2) is 11.4. The first-order valence-electron chi connectivity index (χ1n) is 10.4. The van der Waals surface area contributed by atoms with Gasteiger partial charge in [0.2, 0.25) is 0 Å². The fourth-order valence-electron chi connectivity index (χ4n) is 3.06. The van der Waals surface area contributed by atoms with Crippen LogP contribution in [0.25, 0.3) is 0 Å². The van der Waals surface area contributed by atoms with Crippen LogP contribution >= 0.6 is 23.2 Å². The molecule has 9 heteroatoms. The molecule has 0 saturated heterocycles. The van der Waals surface area contributed by atoms with Crippen LogP contribution in [-0.2, 0) is 6.61 Å². The minimum atomic E-state index is -0.476. The van der Waals surface area contributed by atoms with Gasteiger partial charge in [0, 0.05) is 15.6 Å². The molecule has 0 atom stereocenters. The third kappa shape index (κ3) is 6.50. The summed E-state index contributed by atoms with van der Waals surface area (Å²) < 4.78 is 10.8. The van der Waals surface area contributed by atoms with Gasteiger partial charge in [-0.2, -0.15) is 5.10 Å². The molecule has 4 rings (SSSR count). The van der Waals surface area contributed by atoms with E-state index in [1.54, 1.807) is 66.7 Å². The minimum absolute atomic E-state index is 0.141. The Hall–Kier alpha value is -4.07. The number of hydrogen-bond acceptors (Lipinski definition) is 5. The van der Waals surface area contributed by atoms with Gasteiger partial charge >= 0.3 is 0 Å². The predicted octanol–water partition coefficient (Wildman–Crippen LogP) is 6.18. The zero-order valence-corrected chi connectivity index (χ0v) is 19.7. The van der Waals surface area contributed by atoms with Crippen molar-refractivity contribution in [3.05, 3.63) is 118 Å². The standard InChI is InChI=1S/C26H19Cl2N3O4/c27-19-10-9-18(22(28)14-19)16-35-20-11-7-17(8-12-20)15-29-31-25(32)21-4-1-2-5-23(21)30-26(33)24-6-3-13-34-24/h1-15H,16H2,(H,30,33)(H,31,32)/b29-15-. The first-order chi connectivity index (χ1) is 17.0. The molecule has 0 aliphatic carbocycles. The average molecular weight is 508 g/mol. The highest BCUT2D eigenvalue weighted by Crippen LogP contribution is 2.23. The number of rotatable bonds is 8. The smallest absolute Gasteiger partial charge is 0.291 e. The molecule has 35 heavy (non-hydrogen) atoms. The molecule has 3 aromatic carbocycles. The molecule has 176 valence electrons. The topological polar surface area (TPSA) is 92.9 Å². The summed E-state index contributed by atoms with van der Waals surface area (Å²) >= 11 is 12.1. The first kappa shape index (κ1) is 24.1. The summed E-state index contributed by atoms with van der Waals surface area (Å²) in [6, 6.07) is 22.1. The van der Waals surface area contributed by atoms with E-state index < -0.39 is 11.8 Å². The molecule has 1 heterocycles. The Morgan fingerprint density at radius 2 is 1.74 bits per heavy atom. The second-order valence-corrected chi connectivity index (χ2v) is 8.11. The average Bonchev–Trinajstić information content (AvgIpc) is 3.40. The molecular weight excluding hydrogens is 489 g/mol. The number of hydrazone groups is 1. The van der Waals surface area contributed by atoms with E-state index in [0.717, 1.165) is 11.1 Å². The molecule has 0 aliphatic heterocycles. The number of anilines is 1. The quantitative estimate of drug-likeness (QED) is 0.220. The van der Waals surface area contributed by atoms with Gasteiger partial charge in [0.1, 0.15) is 12.4 Å². The van der Waals surface area contributed by atoms with Gasteiger partial charge in [-0.1, -0.05) is 41.4 Å². The van der Waals surface area contributed by atoms with Crippen molar-refractivity contribution in [1.29, 1.82) is 0 Å². The molecule has 0 spiro atoms. The lowest BCUT2D eigenvalue weighted by atomic mass is 10.1. The highest BCUT2D eigenvalue weighted by molar-refractivity contribution is 6.35. The Balaban J connectivity index is 1.33. The number of carbonyl (C=O) groups excluding carboxylic acids is 2. The van der Waals surface area contributed by atoms with E-state index in [1.165, 1.54) is 18.5 Å². The number of furan rings is 1. The molecule has 0 aliphatic rings. The van der Waals surface area contributed by atoms with Gasteiger partial charge in [-0.3, -0.25) is 9.59 Å². The fraction of sp³-hybridized carbons (Fsp3) is 0.0385. The zero-order chi connectivity index (χ0) is 24.6. The number of para-hydroxylation sites is 1. The molecule has 2 amide bonds. The van der Waals surface area contributed by atoms with Crippen LogP contribution in [0.4, 0.5) is 5.69 Å². The van der Waals surface area contributed by atoms with E-state index in [1.807, 2.05) is 6.07 Å². The Bertz CT molecular complexity index is 1350. The number of nitrogens with one attached hydrogen (secondary N) is 2. The van der Waals surface area contributed by atoms with Crippen LogP contribution < -0.4 is 15.5 Å². The fourth-order valence-corrected chi connectivity index (χ4v) is 3.52. The lowest BCUT2D eigenvalue weighted by molar-refractivity contribution is 0.0956. The normalized spacial score (nSPS) is 10.8. The highest BCUT2D eigenvalue weighted by atomic mass is 35.5. The summed E-state index contributed by atoms with van der Waals surface area (Å²) in [4.78, 5) is 24.9. The van der Waals surface area contributed by atoms with Crippen LogP contribution in [0, 0.1) is 0 Å². The van der Waals surface area contributed by atoms with Gasteiger partial charge in [0.25, 0.3) is 11.8 Å². The molecule has 1 aromatic heterocycles. The van der Waals surface area contributed by atoms with Gasteiger partial charge in [-0.25, -0.2) is 5.43 Å². The lowest BCUT2D eigenvalue weighted by Crippen LogP contribution is -2.21. The molecule has 4 aromatic rings. The summed E-state index contributed by atoms with van der Waals surface area (Å²) in [6.45, 7) is 0.301. The highest BCUT2D eigenvalue weighted by Gasteiger charge is 2.15. The minimum Gasteiger partial charge on any atom is -0.489 e. The Labute approximate surface area is 211 Å². The summed E-state index contributed by atoms with van der Waals surface area (Å²) in [5.74, 6) is -0.142. The maximum absolute atomic E-state index is 12.6. The van der Waals surface area contributed by atoms with Crippen molar-refractivity contribution in [1.82, 2.24) is 5.43 Å². The maximum atomic E-state index is 12.6. The molecule has 0 radical (unpaired) electrons. The van der Waals surface area contributed by atoms with E-state index in [9.17, 15) is 9.59 Å². The summed E-state index contributed by atoms with van der Waals surface area (Å²) in [5, 5.41) is 7.78. The van der Waals surface area contributed by atoms with Gasteiger partial charge < -0.3 is 14.5 Å². The SMILES string of the molecule is O=C(Nc1ccccc1C(=O)N/N=C\c1ccc(OCc2ccc(Cl)cc2Cl)cc1)c1ccco1. The van der Waals surface area contributed by atoms with Crippen molar-refractivity contribution >= 4 is 46.9 Å². The monoisotopic (exact) mass is 507 g/mol. The Morgan fingerprint density at radius 1 is 0.943 bits per heavy atom. The number of hydrogen-bond donors (Lipinski definition) is 2. The van der Waals surface area contributed by atoms with Crippen LogP contribution in [0.3, 0.4) is 0 Å². The molecule has 7 nitrogen and oxygen atoms in total. The largest absolute Gasteiger partial charge is 0.489 e. The van der Waals surface area contributed by atoms with Crippen molar-refractivity contribution < 1.29 is 18.7 Å². The van der Waals surface area contributed by atoms with Gasteiger partial charge in [0.15, 0.2) is 5.76 Å². The van der Waals surface area contributed by atoms with Crippen molar-refractivity contribution in [3.63, 3.8) is 0 Å². The Kier molecular flexibility index (Phi) is 7.82. The number of amides is 2. The number of halogens is 2. The van der Waals surface area contributed by atoms with Crippen LogP contribution in [0.5, 0.6) is 5.75 Å². The molecule has 0 unspecified atom stereocenters. The Morgan fingerprint density at radius 3 is 2.49 bits per heavy atom. The molecule has 0 fully saturated rings. The zero-order valence-electron chi connectivity index (χ0n) is 18.2. The molecule has 0 bridgehead atoms. The molecular formula is C26H19Cl2N3O4. The van der Waals surface area contributed by atoms with Crippen LogP contribution in [0.1, 0.15) is 32.0 Å². The predicted molar refractivity (Wildman–Crippen MR) is 135 cm³/mol. The number of benzene rings is 3. The summed E-state index contributed by atoms with van der Waals surface area (Å²) in [5.41, 5.74) is 4.64. The van der Waals surface area contributed by atoms with E-state index in [2.05, 4.69) is 15.8 Å². The van der Waals surface area contributed by atoms with E-state index >= 15 is 0 Å².